The smallest absolute Gasteiger partial charge is 0.210 e. The van der Waals surface area contributed by atoms with Crippen LogP contribution in [-0.4, -0.2) is 40.7 Å². The number of anilines is 1. The van der Waals surface area contributed by atoms with Crippen LogP contribution in [0.3, 0.4) is 0 Å². The Bertz CT molecular complexity index is 1480. The Labute approximate surface area is 181 Å². The van der Waals surface area contributed by atoms with Gasteiger partial charge in [0.1, 0.15) is 23.5 Å². The molecule has 160 valence electrons. The number of aromatic nitrogens is 6. The molecule has 4 aromatic heterocycles. The molecule has 0 spiro atoms. The first-order valence-corrected chi connectivity index (χ1v) is 10.2. The molecule has 5 aromatic rings. The summed E-state index contributed by atoms with van der Waals surface area (Å²) in [5.41, 5.74) is 5.02. The summed E-state index contributed by atoms with van der Waals surface area (Å²) in [6, 6.07) is 6.82. The van der Waals surface area contributed by atoms with Crippen molar-refractivity contribution in [2.45, 2.75) is 19.6 Å². The van der Waals surface area contributed by atoms with E-state index < -0.39 is 0 Å². The molecule has 10 heteroatoms. The second kappa shape index (κ2) is 7.27. The van der Waals surface area contributed by atoms with E-state index in [1.54, 1.807) is 35.4 Å². The molecule has 32 heavy (non-hydrogen) atoms. The van der Waals surface area contributed by atoms with E-state index in [0.717, 1.165) is 28.1 Å². The van der Waals surface area contributed by atoms with Gasteiger partial charge >= 0.3 is 0 Å². The standard InChI is InChI=1S/C22H18FN7O2/c23-18-3-4-19-14(5-8-32-19)16(18)9-25-22-26-10-17(21-28-27-12-30(21)22)15-2-1-13(11-31)29-7-6-24-20(15)29/h1-4,6-7,10,12,31H,5,8-9,11H2,(H,25,26). The largest absolute Gasteiger partial charge is 0.493 e. The molecule has 0 aliphatic carbocycles. The molecule has 1 aliphatic rings. The third-order valence-corrected chi connectivity index (χ3v) is 5.78. The number of fused-ring (bicyclic) bond motifs is 3. The monoisotopic (exact) mass is 431 g/mol. The lowest BCUT2D eigenvalue weighted by Gasteiger charge is -2.13. The summed E-state index contributed by atoms with van der Waals surface area (Å²) < 4.78 is 23.6. The van der Waals surface area contributed by atoms with Crippen molar-refractivity contribution >= 4 is 17.2 Å². The molecule has 0 saturated heterocycles. The Morgan fingerprint density at radius 2 is 2.03 bits per heavy atom. The number of rotatable bonds is 5. The number of nitrogens with zero attached hydrogens (tertiary/aromatic N) is 6. The van der Waals surface area contributed by atoms with E-state index >= 15 is 0 Å². The average Bonchev–Trinajstić information content (AvgIpc) is 3.58. The summed E-state index contributed by atoms with van der Waals surface area (Å²) in [6.07, 6.45) is 7.42. The predicted molar refractivity (Wildman–Crippen MR) is 114 cm³/mol. The van der Waals surface area contributed by atoms with E-state index in [9.17, 15) is 9.50 Å². The third kappa shape index (κ3) is 2.80. The Hall–Kier alpha value is -4.05. The Morgan fingerprint density at radius 1 is 1.09 bits per heavy atom. The van der Waals surface area contributed by atoms with E-state index in [1.807, 2.05) is 16.5 Å². The molecular formula is C22H18FN7O2. The van der Waals surface area contributed by atoms with Crippen molar-refractivity contribution in [3.05, 3.63) is 71.8 Å². The van der Waals surface area contributed by atoms with Crippen LogP contribution < -0.4 is 10.1 Å². The molecule has 0 saturated carbocycles. The van der Waals surface area contributed by atoms with Crippen molar-refractivity contribution < 1.29 is 14.2 Å². The van der Waals surface area contributed by atoms with Crippen LogP contribution in [-0.2, 0) is 19.6 Å². The van der Waals surface area contributed by atoms with Crippen LogP contribution in [0.1, 0.15) is 16.8 Å². The fourth-order valence-electron chi connectivity index (χ4n) is 4.22. The van der Waals surface area contributed by atoms with Gasteiger partial charge in [-0.1, -0.05) is 0 Å². The molecule has 0 radical (unpaired) electrons. The van der Waals surface area contributed by atoms with Gasteiger partial charge in [-0.25, -0.2) is 14.4 Å². The summed E-state index contributed by atoms with van der Waals surface area (Å²) in [4.78, 5) is 8.99. The number of ether oxygens (including phenoxy) is 1. The summed E-state index contributed by atoms with van der Waals surface area (Å²) >= 11 is 0. The molecule has 1 aliphatic heterocycles. The Morgan fingerprint density at radius 3 is 2.94 bits per heavy atom. The van der Waals surface area contributed by atoms with E-state index in [2.05, 4.69) is 25.5 Å². The molecule has 5 heterocycles. The van der Waals surface area contributed by atoms with Gasteiger partial charge in [-0.05, 0) is 24.3 Å². The second-order valence-corrected chi connectivity index (χ2v) is 7.49. The van der Waals surface area contributed by atoms with Crippen LogP contribution in [0.15, 0.2) is 49.2 Å². The van der Waals surface area contributed by atoms with Gasteiger partial charge < -0.3 is 19.6 Å². The molecule has 6 rings (SSSR count). The molecule has 0 atom stereocenters. The zero-order valence-electron chi connectivity index (χ0n) is 16.9. The zero-order valence-corrected chi connectivity index (χ0v) is 16.9. The number of aliphatic hydroxyl groups excluding tert-OH is 1. The highest BCUT2D eigenvalue weighted by Crippen LogP contribution is 2.31. The van der Waals surface area contributed by atoms with Gasteiger partial charge in [0, 0.05) is 59.5 Å². The minimum Gasteiger partial charge on any atom is -0.493 e. The minimum atomic E-state index is -0.274. The van der Waals surface area contributed by atoms with Gasteiger partial charge in [-0.2, -0.15) is 0 Å². The van der Waals surface area contributed by atoms with Gasteiger partial charge in [0.15, 0.2) is 5.65 Å². The molecule has 0 amide bonds. The number of nitrogens with one attached hydrogen (secondary N) is 1. The Kier molecular flexibility index (Phi) is 4.25. The zero-order chi connectivity index (χ0) is 21.7. The highest BCUT2D eigenvalue weighted by molar-refractivity contribution is 5.86. The molecule has 0 bridgehead atoms. The van der Waals surface area contributed by atoms with E-state index in [-0.39, 0.29) is 19.0 Å². The summed E-state index contributed by atoms with van der Waals surface area (Å²) in [6.45, 7) is 0.721. The number of aliphatic hydroxyl groups is 1. The van der Waals surface area contributed by atoms with Crippen LogP contribution in [0.5, 0.6) is 5.75 Å². The Balaban J connectivity index is 1.39. The van der Waals surface area contributed by atoms with Crippen LogP contribution >= 0.6 is 0 Å². The molecule has 2 N–H and O–H groups in total. The molecule has 1 aromatic carbocycles. The van der Waals surface area contributed by atoms with Gasteiger partial charge in [0.05, 0.1) is 13.2 Å². The molecular weight excluding hydrogens is 413 g/mol. The number of benzene rings is 1. The lowest BCUT2D eigenvalue weighted by atomic mass is 10.0. The van der Waals surface area contributed by atoms with Gasteiger partial charge in [0.2, 0.25) is 5.95 Å². The van der Waals surface area contributed by atoms with Gasteiger partial charge in [-0.3, -0.25) is 4.40 Å². The number of hydrogen-bond donors (Lipinski definition) is 2. The number of pyridine rings is 1. The first-order valence-electron chi connectivity index (χ1n) is 10.2. The van der Waals surface area contributed by atoms with Gasteiger partial charge in [-0.15, -0.1) is 10.2 Å². The van der Waals surface area contributed by atoms with E-state index in [4.69, 9.17) is 4.74 Å². The quantitative estimate of drug-likeness (QED) is 0.441. The maximum absolute atomic E-state index is 14.5. The number of imidazole rings is 1. The maximum Gasteiger partial charge on any atom is 0.210 e. The van der Waals surface area contributed by atoms with E-state index in [0.29, 0.717) is 35.8 Å². The second-order valence-electron chi connectivity index (χ2n) is 7.49. The fraction of sp³-hybridized carbons (Fsp3) is 0.182. The molecule has 9 nitrogen and oxygen atoms in total. The first-order chi connectivity index (χ1) is 15.7. The third-order valence-electron chi connectivity index (χ3n) is 5.78. The highest BCUT2D eigenvalue weighted by atomic mass is 19.1. The van der Waals surface area contributed by atoms with Crippen molar-refractivity contribution in [2.75, 3.05) is 11.9 Å². The average molecular weight is 431 g/mol. The molecule has 0 unspecified atom stereocenters. The lowest BCUT2D eigenvalue weighted by Crippen LogP contribution is -2.10. The van der Waals surface area contributed by atoms with Crippen LogP contribution in [0.2, 0.25) is 0 Å². The number of halogens is 1. The van der Waals surface area contributed by atoms with Crippen LogP contribution in [0, 0.1) is 5.82 Å². The van der Waals surface area contributed by atoms with Crippen molar-refractivity contribution in [3.8, 4) is 16.9 Å². The van der Waals surface area contributed by atoms with E-state index in [1.165, 1.54) is 6.07 Å². The maximum atomic E-state index is 14.5. The van der Waals surface area contributed by atoms with Crippen LogP contribution in [0.4, 0.5) is 10.3 Å². The van der Waals surface area contributed by atoms with Crippen LogP contribution in [0.25, 0.3) is 22.4 Å². The lowest BCUT2D eigenvalue weighted by molar-refractivity contribution is 0.275. The first kappa shape index (κ1) is 18.7. The van der Waals surface area contributed by atoms with Crippen molar-refractivity contribution in [1.82, 2.24) is 29.0 Å². The molecule has 0 fully saturated rings. The summed E-state index contributed by atoms with van der Waals surface area (Å²) in [5, 5.41) is 21.1. The van der Waals surface area contributed by atoms with Crippen molar-refractivity contribution in [3.63, 3.8) is 0 Å². The van der Waals surface area contributed by atoms with Crippen molar-refractivity contribution in [2.24, 2.45) is 0 Å². The SMILES string of the molecule is OCc1ccc(-c2cnc(NCc3c(F)ccc4c3CCO4)n3cnnc23)c2nccn12. The summed E-state index contributed by atoms with van der Waals surface area (Å²) in [5.74, 6) is 0.955. The number of hydrogen-bond acceptors (Lipinski definition) is 7. The predicted octanol–water partition coefficient (Wildman–Crippen LogP) is 2.62. The normalized spacial score (nSPS) is 12.9. The fourth-order valence-corrected chi connectivity index (χ4v) is 4.22. The highest BCUT2D eigenvalue weighted by Gasteiger charge is 2.20. The summed E-state index contributed by atoms with van der Waals surface area (Å²) in [7, 11) is 0. The minimum absolute atomic E-state index is 0.0978. The van der Waals surface area contributed by atoms with Crippen molar-refractivity contribution in [1.29, 1.82) is 0 Å². The van der Waals surface area contributed by atoms with Gasteiger partial charge in [0.25, 0.3) is 0 Å². The topological polar surface area (TPSA) is 102 Å².